The molecule has 2 bridgehead atoms. The molecule has 14 heavy (non-hydrogen) atoms. The summed E-state index contributed by atoms with van der Waals surface area (Å²) in [7, 11) is 0. The van der Waals surface area contributed by atoms with Gasteiger partial charge < -0.3 is 9.47 Å². The van der Waals surface area contributed by atoms with Gasteiger partial charge in [-0.1, -0.05) is 0 Å². The number of hydrogen-bond donors (Lipinski definition) is 0. The van der Waals surface area contributed by atoms with E-state index in [0.717, 1.165) is 12.8 Å². The Morgan fingerprint density at radius 1 is 1.57 bits per heavy atom. The topological polar surface area (TPSA) is 59.3 Å². The van der Waals surface area contributed by atoms with Crippen molar-refractivity contribution in [1.29, 1.82) is 5.26 Å². The second-order valence-corrected chi connectivity index (χ2v) is 3.72. The molecule has 0 saturated carbocycles. The minimum atomic E-state index is -0.348. The van der Waals surface area contributed by atoms with Gasteiger partial charge in [-0.05, 0) is 19.8 Å². The fourth-order valence-corrected chi connectivity index (χ4v) is 2.38. The first-order chi connectivity index (χ1) is 6.77. The highest BCUT2D eigenvalue weighted by Gasteiger charge is 2.53. The Labute approximate surface area is 82.8 Å². The van der Waals surface area contributed by atoms with Crippen LogP contribution in [0.3, 0.4) is 0 Å². The van der Waals surface area contributed by atoms with Gasteiger partial charge >= 0.3 is 5.97 Å². The number of carbonyl (C=O) groups excluding carboxylic acids is 1. The molecule has 4 heteroatoms. The summed E-state index contributed by atoms with van der Waals surface area (Å²) in [6.45, 7) is 2.14. The molecule has 4 atom stereocenters. The number of fused-ring (bicyclic) bond motifs is 2. The molecule has 2 heterocycles. The molecule has 2 saturated heterocycles. The molecule has 0 aromatic heterocycles. The van der Waals surface area contributed by atoms with Gasteiger partial charge in [0.2, 0.25) is 0 Å². The molecule has 0 N–H and O–H groups in total. The van der Waals surface area contributed by atoms with Gasteiger partial charge in [-0.15, -0.1) is 0 Å². The Bertz CT molecular complexity index is 284. The summed E-state index contributed by atoms with van der Waals surface area (Å²) in [5.74, 6) is -0.919. The monoisotopic (exact) mass is 195 g/mol. The van der Waals surface area contributed by atoms with Crippen molar-refractivity contribution in [1.82, 2.24) is 0 Å². The van der Waals surface area contributed by atoms with E-state index in [4.69, 9.17) is 14.7 Å². The number of esters is 1. The van der Waals surface area contributed by atoms with Crippen molar-refractivity contribution in [3.63, 3.8) is 0 Å². The van der Waals surface area contributed by atoms with Gasteiger partial charge in [0.25, 0.3) is 0 Å². The predicted octanol–water partition coefficient (Wildman–Crippen LogP) is 0.867. The lowest BCUT2D eigenvalue weighted by Gasteiger charge is -2.20. The summed E-state index contributed by atoms with van der Waals surface area (Å²) in [5, 5.41) is 8.94. The van der Waals surface area contributed by atoms with E-state index in [-0.39, 0.29) is 30.0 Å². The molecule has 2 aliphatic rings. The third-order valence-corrected chi connectivity index (χ3v) is 2.98. The van der Waals surface area contributed by atoms with Crippen LogP contribution in [-0.2, 0) is 14.3 Å². The minimum Gasteiger partial charge on any atom is -0.466 e. The summed E-state index contributed by atoms with van der Waals surface area (Å²) in [5.41, 5.74) is 0. The van der Waals surface area contributed by atoms with Crippen LogP contribution < -0.4 is 0 Å². The highest BCUT2D eigenvalue weighted by Crippen LogP contribution is 2.43. The maximum absolute atomic E-state index is 11.6. The average molecular weight is 195 g/mol. The van der Waals surface area contributed by atoms with E-state index in [1.165, 1.54) is 0 Å². The number of rotatable bonds is 2. The normalized spacial score (nSPS) is 39.4. The van der Waals surface area contributed by atoms with Gasteiger partial charge in [0.05, 0.1) is 30.8 Å². The Morgan fingerprint density at radius 3 is 2.93 bits per heavy atom. The predicted molar refractivity (Wildman–Crippen MR) is 47.1 cm³/mol. The van der Waals surface area contributed by atoms with Gasteiger partial charge in [0, 0.05) is 0 Å². The molecule has 4 nitrogen and oxygen atoms in total. The van der Waals surface area contributed by atoms with Crippen LogP contribution in [0.5, 0.6) is 0 Å². The molecule has 0 aliphatic carbocycles. The number of hydrogen-bond acceptors (Lipinski definition) is 4. The van der Waals surface area contributed by atoms with Crippen molar-refractivity contribution >= 4 is 5.97 Å². The second-order valence-electron chi connectivity index (χ2n) is 3.72. The molecule has 2 aliphatic heterocycles. The summed E-state index contributed by atoms with van der Waals surface area (Å²) in [6, 6.07) is 2.16. The molecule has 76 valence electrons. The fourth-order valence-electron chi connectivity index (χ4n) is 2.38. The lowest BCUT2D eigenvalue weighted by molar-refractivity contribution is -0.150. The first-order valence-electron chi connectivity index (χ1n) is 4.99. The smallest absolute Gasteiger partial charge is 0.313 e. The van der Waals surface area contributed by atoms with Crippen molar-refractivity contribution in [2.75, 3.05) is 6.61 Å². The van der Waals surface area contributed by atoms with Crippen molar-refractivity contribution in [3.8, 4) is 6.07 Å². The van der Waals surface area contributed by atoms with Gasteiger partial charge in [0.15, 0.2) is 0 Å². The molecule has 0 aromatic rings. The maximum Gasteiger partial charge on any atom is 0.313 e. The highest BCUT2D eigenvalue weighted by atomic mass is 16.5. The quantitative estimate of drug-likeness (QED) is 0.613. The van der Waals surface area contributed by atoms with Crippen molar-refractivity contribution in [2.45, 2.75) is 32.0 Å². The standard InChI is InChI=1S/C10H13NO3/c1-2-13-10(12)9-6(5-11)7-3-4-8(9)14-7/h6-9H,2-4H2,1H3/t6-,7-,8-,9+/m0/s1. The zero-order valence-electron chi connectivity index (χ0n) is 8.10. The summed E-state index contributed by atoms with van der Waals surface area (Å²) < 4.78 is 10.5. The fraction of sp³-hybridized carbons (Fsp3) is 0.800. The van der Waals surface area contributed by atoms with Crippen LogP contribution in [0.1, 0.15) is 19.8 Å². The number of ether oxygens (including phenoxy) is 2. The van der Waals surface area contributed by atoms with Crippen LogP contribution in [0.2, 0.25) is 0 Å². The summed E-state index contributed by atoms with van der Waals surface area (Å²) >= 11 is 0. The second kappa shape index (κ2) is 3.58. The van der Waals surface area contributed by atoms with E-state index in [2.05, 4.69) is 6.07 Å². The van der Waals surface area contributed by atoms with Gasteiger partial charge in [-0.2, -0.15) is 5.26 Å². The average Bonchev–Trinajstić information content (AvgIpc) is 2.76. The molecular weight excluding hydrogens is 182 g/mol. The molecule has 2 fully saturated rings. The Hall–Kier alpha value is -1.08. The first-order valence-corrected chi connectivity index (χ1v) is 4.99. The molecule has 2 rings (SSSR count). The van der Waals surface area contributed by atoms with E-state index in [1.54, 1.807) is 6.92 Å². The third-order valence-electron chi connectivity index (χ3n) is 2.98. The summed E-state index contributed by atoms with van der Waals surface area (Å²) in [4.78, 5) is 11.6. The lowest BCUT2D eigenvalue weighted by Crippen LogP contribution is -2.34. The zero-order valence-corrected chi connectivity index (χ0v) is 8.10. The van der Waals surface area contributed by atoms with E-state index < -0.39 is 0 Å². The minimum absolute atomic E-state index is 0.0422. The Balaban J connectivity index is 2.11. The third kappa shape index (κ3) is 1.28. The molecule has 0 amide bonds. The number of nitrogens with zero attached hydrogens (tertiary/aromatic N) is 1. The van der Waals surface area contributed by atoms with E-state index in [1.807, 2.05) is 0 Å². The Morgan fingerprint density at radius 2 is 2.29 bits per heavy atom. The van der Waals surface area contributed by atoms with Gasteiger partial charge in [-0.25, -0.2) is 0 Å². The lowest BCUT2D eigenvalue weighted by atomic mass is 9.80. The van der Waals surface area contributed by atoms with Crippen LogP contribution in [0, 0.1) is 23.2 Å². The highest BCUT2D eigenvalue weighted by molar-refractivity contribution is 5.74. The van der Waals surface area contributed by atoms with Crippen molar-refractivity contribution in [3.05, 3.63) is 0 Å². The zero-order chi connectivity index (χ0) is 10.1. The van der Waals surface area contributed by atoms with Crippen LogP contribution in [0.15, 0.2) is 0 Å². The van der Waals surface area contributed by atoms with Gasteiger partial charge in [0.1, 0.15) is 5.92 Å². The largest absolute Gasteiger partial charge is 0.466 e. The summed E-state index contributed by atoms with van der Waals surface area (Å²) in [6.07, 6.45) is 1.66. The SMILES string of the molecule is CCOC(=O)[C@@H]1[C@@H](C#N)[C@@H]2CC[C@@H]1O2. The van der Waals surface area contributed by atoms with Crippen molar-refractivity contribution in [2.24, 2.45) is 11.8 Å². The van der Waals surface area contributed by atoms with Crippen LogP contribution >= 0.6 is 0 Å². The van der Waals surface area contributed by atoms with Crippen LogP contribution in [0.25, 0.3) is 0 Å². The van der Waals surface area contributed by atoms with E-state index in [0.29, 0.717) is 6.61 Å². The molecule has 0 radical (unpaired) electrons. The molecule has 0 spiro atoms. The van der Waals surface area contributed by atoms with E-state index >= 15 is 0 Å². The molecule has 0 aromatic carbocycles. The maximum atomic E-state index is 11.6. The van der Waals surface area contributed by atoms with Gasteiger partial charge in [-0.3, -0.25) is 4.79 Å². The first kappa shape index (κ1) is 9.47. The molecule has 0 unspecified atom stereocenters. The number of carbonyl (C=O) groups is 1. The number of nitriles is 1. The van der Waals surface area contributed by atoms with Crippen LogP contribution in [-0.4, -0.2) is 24.8 Å². The van der Waals surface area contributed by atoms with Crippen LogP contribution in [0.4, 0.5) is 0 Å². The molecular formula is C10H13NO3. The van der Waals surface area contributed by atoms with E-state index in [9.17, 15) is 4.79 Å². The van der Waals surface area contributed by atoms with Crippen molar-refractivity contribution < 1.29 is 14.3 Å². The Kier molecular flexibility index (Phi) is 2.42.